The van der Waals surface area contributed by atoms with Crippen LogP contribution >= 0.6 is 0 Å². The number of benzene rings is 1. The molecular formula is C11H17NO3. The van der Waals surface area contributed by atoms with E-state index in [-0.39, 0.29) is 5.69 Å². The van der Waals surface area contributed by atoms with Crippen molar-refractivity contribution >= 4 is 5.69 Å². The minimum absolute atomic E-state index is 0.107. The van der Waals surface area contributed by atoms with Crippen LogP contribution in [0.1, 0.15) is 25.0 Å². The number of hydrogen-bond acceptors (Lipinski definition) is 3. The molecule has 0 radical (unpaired) electrons. The van der Waals surface area contributed by atoms with Crippen LogP contribution in [0.2, 0.25) is 0 Å². The monoisotopic (exact) mass is 211 g/mol. The number of nitro benzene ring substituents is 1. The van der Waals surface area contributed by atoms with E-state index in [1.807, 2.05) is 13.8 Å². The second kappa shape index (κ2) is 6.01. The van der Waals surface area contributed by atoms with E-state index in [1.54, 1.807) is 21.0 Å². The molecule has 1 aromatic carbocycles. The summed E-state index contributed by atoms with van der Waals surface area (Å²) in [5, 5.41) is 10.5. The Hall–Kier alpha value is -1.58. The maximum atomic E-state index is 10.5. The molecule has 0 heterocycles. The van der Waals surface area contributed by atoms with Crippen molar-refractivity contribution < 1.29 is 9.66 Å². The first-order valence-corrected chi connectivity index (χ1v) is 4.86. The second-order valence-corrected chi connectivity index (χ2v) is 2.87. The zero-order chi connectivity index (χ0) is 12.0. The molecule has 0 saturated carbocycles. The molecule has 4 nitrogen and oxygen atoms in total. The lowest BCUT2D eigenvalue weighted by Gasteiger charge is -2.07. The van der Waals surface area contributed by atoms with Gasteiger partial charge in [-0.2, -0.15) is 0 Å². The molecule has 0 spiro atoms. The normalized spacial score (nSPS) is 8.87. The van der Waals surface area contributed by atoms with Crippen LogP contribution in [-0.4, -0.2) is 12.0 Å². The van der Waals surface area contributed by atoms with E-state index in [9.17, 15) is 10.1 Å². The van der Waals surface area contributed by atoms with Gasteiger partial charge in [0.1, 0.15) is 5.75 Å². The SMILES string of the molecule is CC.COc1c(C)cc([N+](=O)[O-])cc1C. The zero-order valence-electron chi connectivity index (χ0n) is 9.83. The van der Waals surface area contributed by atoms with E-state index < -0.39 is 4.92 Å². The van der Waals surface area contributed by atoms with Gasteiger partial charge in [-0.25, -0.2) is 0 Å². The van der Waals surface area contributed by atoms with Gasteiger partial charge in [0.25, 0.3) is 5.69 Å². The van der Waals surface area contributed by atoms with Gasteiger partial charge in [0.15, 0.2) is 0 Å². The molecule has 0 bridgehead atoms. The molecule has 15 heavy (non-hydrogen) atoms. The minimum atomic E-state index is -0.403. The van der Waals surface area contributed by atoms with Crippen molar-refractivity contribution in [3.63, 3.8) is 0 Å². The number of ether oxygens (including phenoxy) is 1. The Morgan fingerprint density at radius 1 is 1.20 bits per heavy atom. The summed E-state index contributed by atoms with van der Waals surface area (Å²) in [6, 6.07) is 3.01. The van der Waals surface area contributed by atoms with Crippen molar-refractivity contribution in [2.45, 2.75) is 27.7 Å². The average molecular weight is 211 g/mol. The fourth-order valence-electron chi connectivity index (χ4n) is 1.35. The van der Waals surface area contributed by atoms with Crippen molar-refractivity contribution in [3.05, 3.63) is 33.4 Å². The Kier molecular flexibility index (Phi) is 5.37. The van der Waals surface area contributed by atoms with Gasteiger partial charge in [-0.1, -0.05) is 13.8 Å². The summed E-state index contributed by atoms with van der Waals surface area (Å²) in [5.74, 6) is 0.714. The molecule has 0 unspecified atom stereocenters. The Balaban J connectivity index is 0.000000921. The molecule has 0 atom stereocenters. The Labute approximate surface area is 90.0 Å². The lowest BCUT2D eigenvalue weighted by Crippen LogP contribution is -1.94. The second-order valence-electron chi connectivity index (χ2n) is 2.87. The summed E-state index contributed by atoms with van der Waals surface area (Å²) < 4.78 is 5.09. The third kappa shape index (κ3) is 3.23. The largest absolute Gasteiger partial charge is 0.496 e. The first-order valence-electron chi connectivity index (χ1n) is 4.86. The highest BCUT2D eigenvalue weighted by Crippen LogP contribution is 2.27. The van der Waals surface area contributed by atoms with Crippen LogP contribution in [0.25, 0.3) is 0 Å². The van der Waals surface area contributed by atoms with Crippen LogP contribution in [0.3, 0.4) is 0 Å². The molecule has 0 N–H and O–H groups in total. The smallest absolute Gasteiger partial charge is 0.270 e. The molecule has 0 amide bonds. The molecular weight excluding hydrogens is 194 g/mol. The summed E-state index contributed by atoms with van der Waals surface area (Å²) in [4.78, 5) is 10.1. The summed E-state index contributed by atoms with van der Waals surface area (Å²) in [6.45, 7) is 7.58. The summed E-state index contributed by atoms with van der Waals surface area (Å²) >= 11 is 0. The quantitative estimate of drug-likeness (QED) is 0.557. The molecule has 1 aromatic rings. The van der Waals surface area contributed by atoms with Gasteiger partial charge in [-0.05, 0) is 25.0 Å². The standard InChI is InChI=1S/C9H11NO3.C2H6/c1-6-4-8(10(11)12)5-7(2)9(6)13-3;1-2/h4-5H,1-3H3;1-2H3. The van der Waals surface area contributed by atoms with Gasteiger partial charge in [0.05, 0.1) is 12.0 Å². The van der Waals surface area contributed by atoms with Crippen molar-refractivity contribution in [3.8, 4) is 5.75 Å². The van der Waals surface area contributed by atoms with E-state index in [0.717, 1.165) is 11.1 Å². The van der Waals surface area contributed by atoms with E-state index in [0.29, 0.717) is 5.75 Å². The number of aryl methyl sites for hydroxylation is 2. The fourth-order valence-corrected chi connectivity index (χ4v) is 1.35. The highest BCUT2D eigenvalue weighted by atomic mass is 16.6. The number of nitrogens with zero attached hydrogens (tertiary/aromatic N) is 1. The number of hydrogen-bond donors (Lipinski definition) is 0. The molecule has 0 saturated heterocycles. The Morgan fingerprint density at radius 3 is 1.87 bits per heavy atom. The minimum Gasteiger partial charge on any atom is -0.496 e. The predicted molar refractivity (Wildman–Crippen MR) is 60.5 cm³/mol. The van der Waals surface area contributed by atoms with E-state index in [4.69, 9.17) is 4.74 Å². The first-order chi connectivity index (χ1) is 7.06. The summed E-state index contributed by atoms with van der Waals surface area (Å²) in [5.41, 5.74) is 1.68. The van der Waals surface area contributed by atoms with Crippen molar-refractivity contribution in [2.24, 2.45) is 0 Å². The molecule has 0 aromatic heterocycles. The van der Waals surface area contributed by atoms with Gasteiger partial charge < -0.3 is 4.74 Å². The van der Waals surface area contributed by atoms with E-state index in [2.05, 4.69) is 0 Å². The number of non-ortho nitro benzene ring substituents is 1. The van der Waals surface area contributed by atoms with Gasteiger partial charge >= 0.3 is 0 Å². The maximum Gasteiger partial charge on any atom is 0.270 e. The van der Waals surface area contributed by atoms with Crippen LogP contribution in [-0.2, 0) is 0 Å². The predicted octanol–water partition coefficient (Wildman–Crippen LogP) is 3.25. The molecule has 0 aliphatic heterocycles. The molecule has 0 aliphatic carbocycles. The van der Waals surface area contributed by atoms with Gasteiger partial charge in [0.2, 0.25) is 0 Å². The van der Waals surface area contributed by atoms with Crippen LogP contribution in [0.4, 0.5) is 5.69 Å². The van der Waals surface area contributed by atoms with Gasteiger partial charge in [-0.15, -0.1) is 0 Å². The van der Waals surface area contributed by atoms with Crippen LogP contribution in [0, 0.1) is 24.0 Å². The highest BCUT2D eigenvalue weighted by molar-refractivity contribution is 5.48. The Bertz CT molecular complexity index is 325. The van der Waals surface area contributed by atoms with Crippen LogP contribution < -0.4 is 4.74 Å². The summed E-state index contributed by atoms with van der Waals surface area (Å²) in [6.07, 6.45) is 0. The molecule has 0 fully saturated rings. The third-order valence-electron chi connectivity index (χ3n) is 1.86. The van der Waals surface area contributed by atoms with Crippen LogP contribution in [0.5, 0.6) is 5.75 Å². The maximum absolute atomic E-state index is 10.5. The number of nitro groups is 1. The third-order valence-corrected chi connectivity index (χ3v) is 1.86. The fraction of sp³-hybridized carbons (Fsp3) is 0.455. The van der Waals surface area contributed by atoms with Crippen molar-refractivity contribution in [1.82, 2.24) is 0 Å². The Morgan fingerprint density at radius 2 is 1.60 bits per heavy atom. The lowest BCUT2D eigenvalue weighted by atomic mass is 10.1. The summed E-state index contributed by atoms with van der Waals surface area (Å²) in [7, 11) is 1.56. The van der Waals surface area contributed by atoms with Crippen molar-refractivity contribution in [1.29, 1.82) is 0 Å². The molecule has 84 valence electrons. The van der Waals surface area contributed by atoms with Gasteiger partial charge in [-0.3, -0.25) is 10.1 Å². The average Bonchev–Trinajstić information content (AvgIpc) is 2.20. The first kappa shape index (κ1) is 13.4. The van der Waals surface area contributed by atoms with Crippen LogP contribution in [0.15, 0.2) is 12.1 Å². The molecule has 0 aliphatic rings. The number of rotatable bonds is 2. The molecule has 4 heteroatoms. The molecule has 1 rings (SSSR count). The van der Waals surface area contributed by atoms with Crippen molar-refractivity contribution in [2.75, 3.05) is 7.11 Å². The zero-order valence-corrected chi connectivity index (χ0v) is 9.83. The van der Waals surface area contributed by atoms with E-state index >= 15 is 0 Å². The number of methoxy groups -OCH3 is 1. The van der Waals surface area contributed by atoms with E-state index in [1.165, 1.54) is 12.1 Å². The lowest BCUT2D eigenvalue weighted by molar-refractivity contribution is -0.385. The topological polar surface area (TPSA) is 52.4 Å². The highest BCUT2D eigenvalue weighted by Gasteiger charge is 2.11. The van der Waals surface area contributed by atoms with Gasteiger partial charge in [0, 0.05) is 12.1 Å².